The Morgan fingerprint density at radius 3 is 2.67 bits per heavy atom. The van der Waals surface area contributed by atoms with Crippen molar-refractivity contribution in [2.75, 3.05) is 6.61 Å². The second kappa shape index (κ2) is 6.43. The van der Waals surface area contributed by atoms with Crippen molar-refractivity contribution < 1.29 is 19.7 Å². The molecule has 1 saturated heterocycles. The van der Waals surface area contributed by atoms with Gasteiger partial charge in [0.05, 0.1) is 12.2 Å². The molecule has 1 rings (SSSR count). The summed E-state index contributed by atoms with van der Waals surface area (Å²) in [7, 11) is 0. The third-order valence-corrected chi connectivity index (χ3v) is 2.72. The maximum absolute atomic E-state index is 9.60. The lowest BCUT2D eigenvalue weighted by Gasteiger charge is -2.35. The number of hydrogen-bond donors (Lipinski definition) is 2. The Kier molecular flexibility index (Phi) is 5.53. The first-order valence-electron chi connectivity index (χ1n) is 5.78. The molecule has 0 radical (unpaired) electrons. The van der Waals surface area contributed by atoms with Crippen LogP contribution in [0.4, 0.5) is 0 Å². The van der Waals surface area contributed by atoms with Gasteiger partial charge in [-0.1, -0.05) is 19.8 Å². The maximum Gasteiger partial charge on any atom is 0.183 e. The third kappa shape index (κ3) is 4.07. The topological polar surface area (TPSA) is 58.9 Å². The summed E-state index contributed by atoms with van der Waals surface area (Å²) >= 11 is 0. The van der Waals surface area contributed by atoms with Crippen molar-refractivity contribution in [3.05, 3.63) is 0 Å². The fourth-order valence-electron chi connectivity index (χ4n) is 1.65. The average molecular weight is 218 g/mol. The molecule has 0 saturated carbocycles. The Bertz CT molecular complexity index is 174. The molecule has 90 valence electrons. The van der Waals surface area contributed by atoms with Gasteiger partial charge in [-0.2, -0.15) is 0 Å². The maximum atomic E-state index is 9.60. The molecule has 4 nitrogen and oxygen atoms in total. The summed E-state index contributed by atoms with van der Waals surface area (Å²) in [5.41, 5.74) is 0. The van der Waals surface area contributed by atoms with E-state index in [1.165, 1.54) is 0 Å². The van der Waals surface area contributed by atoms with Crippen molar-refractivity contribution in [1.82, 2.24) is 0 Å². The average Bonchev–Trinajstić information content (AvgIpc) is 2.20. The van der Waals surface area contributed by atoms with Gasteiger partial charge in [0.2, 0.25) is 0 Å². The minimum absolute atomic E-state index is 0.260. The van der Waals surface area contributed by atoms with E-state index in [0.717, 1.165) is 19.3 Å². The van der Waals surface area contributed by atoms with Crippen molar-refractivity contribution in [3.8, 4) is 0 Å². The van der Waals surface area contributed by atoms with Gasteiger partial charge in [-0.15, -0.1) is 0 Å². The Morgan fingerprint density at radius 2 is 2.00 bits per heavy atom. The molecule has 0 bridgehead atoms. The highest BCUT2D eigenvalue weighted by atomic mass is 16.7. The van der Waals surface area contributed by atoms with E-state index in [-0.39, 0.29) is 6.10 Å². The van der Waals surface area contributed by atoms with Gasteiger partial charge < -0.3 is 19.7 Å². The summed E-state index contributed by atoms with van der Waals surface area (Å²) in [5, 5.41) is 19.0. The lowest BCUT2D eigenvalue weighted by Crippen LogP contribution is -2.47. The minimum atomic E-state index is -0.710. The second-order valence-electron chi connectivity index (χ2n) is 4.16. The van der Waals surface area contributed by atoms with Gasteiger partial charge in [0, 0.05) is 13.0 Å². The van der Waals surface area contributed by atoms with Crippen molar-refractivity contribution in [3.63, 3.8) is 0 Å². The van der Waals surface area contributed by atoms with Crippen molar-refractivity contribution in [1.29, 1.82) is 0 Å². The molecule has 2 N–H and O–H groups in total. The smallest absolute Gasteiger partial charge is 0.183 e. The molecule has 0 aromatic carbocycles. The van der Waals surface area contributed by atoms with E-state index >= 15 is 0 Å². The number of hydrogen-bond acceptors (Lipinski definition) is 4. The highest BCUT2D eigenvalue weighted by molar-refractivity contribution is 4.78. The summed E-state index contributed by atoms with van der Waals surface area (Å²) in [6.45, 7) is 4.53. The molecule has 4 heteroatoms. The zero-order valence-electron chi connectivity index (χ0n) is 9.56. The summed E-state index contributed by atoms with van der Waals surface area (Å²) in [6.07, 6.45) is 1.46. The van der Waals surface area contributed by atoms with E-state index in [0.29, 0.717) is 13.0 Å². The van der Waals surface area contributed by atoms with Crippen LogP contribution in [0.3, 0.4) is 0 Å². The molecule has 1 heterocycles. The quantitative estimate of drug-likeness (QED) is 0.677. The Balaban J connectivity index is 2.22. The van der Waals surface area contributed by atoms with Crippen LogP contribution in [-0.4, -0.2) is 41.4 Å². The molecule has 0 aliphatic carbocycles. The van der Waals surface area contributed by atoms with Crippen LogP contribution in [-0.2, 0) is 9.47 Å². The van der Waals surface area contributed by atoms with Crippen molar-refractivity contribution in [2.24, 2.45) is 0 Å². The number of aliphatic hydroxyl groups is 2. The molecule has 1 aliphatic rings. The molecular formula is C11H22O4. The van der Waals surface area contributed by atoms with Crippen molar-refractivity contribution in [2.45, 2.75) is 64.1 Å². The molecular weight excluding hydrogens is 196 g/mol. The summed E-state index contributed by atoms with van der Waals surface area (Å²) in [6, 6.07) is 0. The highest BCUT2D eigenvalue weighted by Gasteiger charge is 2.34. The van der Waals surface area contributed by atoms with E-state index in [9.17, 15) is 10.2 Å². The normalized spacial score (nSPS) is 36.8. The summed E-state index contributed by atoms with van der Waals surface area (Å²) < 4.78 is 10.8. The van der Waals surface area contributed by atoms with Crippen LogP contribution in [0.25, 0.3) is 0 Å². The molecule has 0 aromatic heterocycles. The van der Waals surface area contributed by atoms with E-state index in [2.05, 4.69) is 6.92 Å². The number of ether oxygens (including phenoxy) is 2. The van der Waals surface area contributed by atoms with Crippen LogP contribution in [0.1, 0.15) is 39.5 Å². The number of rotatable bonds is 5. The highest BCUT2D eigenvalue weighted by Crippen LogP contribution is 2.21. The minimum Gasteiger partial charge on any atom is -0.390 e. The standard InChI is InChI=1S/C11H22O4/c1-3-4-5-6-14-11-10(13)7-9(12)8(2)15-11/h8-13H,3-7H2,1-2H3. The van der Waals surface area contributed by atoms with Crippen LogP contribution in [0.5, 0.6) is 0 Å². The Hall–Kier alpha value is -0.160. The van der Waals surface area contributed by atoms with Gasteiger partial charge in [0.15, 0.2) is 6.29 Å². The fraction of sp³-hybridized carbons (Fsp3) is 1.00. The predicted molar refractivity (Wildman–Crippen MR) is 56.4 cm³/mol. The zero-order chi connectivity index (χ0) is 11.3. The Morgan fingerprint density at radius 1 is 1.27 bits per heavy atom. The lowest BCUT2D eigenvalue weighted by atomic mass is 10.0. The monoisotopic (exact) mass is 218 g/mol. The van der Waals surface area contributed by atoms with Crippen LogP contribution in [0, 0.1) is 0 Å². The van der Waals surface area contributed by atoms with Gasteiger partial charge >= 0.3 is 0 Å². The molecule has 1 fully saturated rings. The van der Waals surface area contributed by atoms with E-state index in [1.54, 1.807) is 6.92 Å². The third-order valence-electron chi connectivity index (χ3n) is 2.72. The first-order chi connectivity index (χ1) is 7.15. The molecule has 1 aliphatic heterocycles. The second-order valence-corrected chi connectivity index (χ2v) is 4.16. The number of aliphatic hydroxyl groups excluding tert-OH is 2. The largest absolute Gasteiger partial charge is 0.390 e. The SMILES string of the molecule is CCCCCOC1OC(C)C(O)CC1O. The molecule has 0 aromatic rings. The van der Waals surface area contributed by atoms with E-state index in [4.69, 9.17) is 9.47 Å². The predicted octanol–water partition coefficient (Wildman–Crippen LogP) is 1.05. The van der Waals surface area contributed by atoms with Gasteiger partial charge in [0.1, 0.15) is 6.10 Å². The van der Waals surface area contributed by atoms with Crippen molar-refractivity contribution >= 4 is 0 Å². The van der Waals surface area contributed by atoms with Crippen LogP contribution < -0.4 is 0 Å². The molecule has 0 spiro atoms. The number of unbranched alkanes of at least 4 members (excludes halogenated alkanes) is 2. The van der Waals surface area contributed by atoms with Crippen LogP contribution in [0.15, 0.2) is 0 Å². The van der Waals surface area contributed by atoms with Gasteiger partial charge in [0.25, 0.3) is 0 Å². The van der Waals surface area contributed by atoms with Crippen LogP contribution >= 0.6 is 0 Å². The fourth-order valence-corrected chi connectivity index (χ4v) is 1.65. The molecule has 4 unspecified atom stereocenters. The van der Waals surface area contributed by atoms with Crippen LogP contribution in [0.2, 0.25) is 0 Å². The first-order valence-corrected chi connectivity index (χ1v) is 5.78. The molecule has 15 heavy (non-hydrogen) atoms. The summed E-state index contributed by atoms with van der Waals surface area (Å²) in [4.78, 5) is 0. The summed E-state index contributed by atoms with van der Waals surface area (Å²) in [5.74, 6) is 0. The van der Waals surface area contributed by atoms with Gasteiger partial charge in [-0.3, -0.25) is 0 Å². The molecule has 0 amide bonds. The van der Waals surface area contributed by atoms with Gasteiger partial charge in [-0.05, 0) is 13.3 Å². The first kappa shape index (κ1) is 12.9. The van der Waals surface area contributed by atoms with Gasteiger partial charge in [-0.25, -0.2) is 0 Å². The van der Waals surface area contributed by atoms with E-state index < -0.39 is 18.5 Å². The Labute approximate surface area is 91.2 Å². The van der Waals surface area contributed by atoms with E-state index in [1.807, 2.05) is 0 Å². The molecule has 4 atom stereocenters. The lowest BCUT2D eigenvalue weighted by molar-refractivity contribution is -0.261. The zero-order valence-corrected chi connectivity index (χ0v) is 9.56.